The molecule has 0 aromatic heterocycles. The van der Waals surface area contributed by atoms with Gasteiger partial charge in [-0.25, -0.2) is 0 Å². The smallest absolute Gasteiger partial charge is 0.133 e. The molecule has 0 bridgehead atoms. The molecule has 1 aliphatic rings. The summed E-state index contributed by atoms with van der Waals surface area (Å²) in [6.07, 6.45) is 0. The molecule has 1 aromatic rings. The van der Waals surface area contributed by atoms with Gasteiger partial charge in [-0.1, -0.05) is 12.1 Å². The van der Waals surface area contributed by atoms with Crippen molar-refractivity contribution in [3.05, 3.63) is 33.4 Å². The van der Waals surface area contributed by atoms with Crippen LogP contribution in [-0.4, -0.2) is 31.7 Å². The molecule has 2 rings (SSSR count). The van der Waals surface area contributed by atoms with Gasteiger partial charge in [0, 0.05) is 9.13 Å². The summed E-state index contributed by atoms with van der Waals surface area (Å²) in [4.78, 5) is 4.07. The van der Waals surface area contributed by atoms with Crippen LogP contribution < -0.4 is 4.90 Å². The van der Waals surface area contributed by atoms with E-state index in [0.29, 0.717) is 0 Å². The van der Waals surface area contributed by atoms with Crippen LogP contribution in [0.25, 0.3) is 0 Å². The van der Waals surface area contributed by atoms with E-state index in [2.05, 4.69) is 58.8 Å². The van der Waals surface area contributed by atoms with Crippen molar-refractivity contribution in [2.75, 3.05) is 26.8 Å². The predicted molar refractivity (Wildman–Crippen MR) is 66.2 cm³/mol. The molecule has 1 aromatic carbocycles. The maximum Gasteiger partial charge on any atom is 0.133 e. The van der Waals surface area contributed by atoms with Gasteiger partial charge in [0.1, 0.15) is 13.2 Å². The molecule has 1 unspecified atom stereocenters. The third-order valence-corrected chi connectivity index (χ3v) is 3.43. The molecule has 1 atom stereocenters. The van der Waals surface area contributed by atoms with Crippen LogP contribution in [0.15, 0.2) is 24.3 Å². The van der Waals surface area contributed by atoms with Crippen molar-refractivity contribution in [1.82, 2.24) is 4.90 Å². The Labute approximate surface area is 99.0 Å². The van der Waals surface area contributed by atoms with Crippen LogP contribution in [0.1, 0.15) is 5.56 Å². The van der Waals surface area contributed by atoms with Crippen molar-refractivity contribution < 1.29 is 4.90 Å². The van der Waals surface area contributed by atoms with Crippen LogP contribution >= 0.6 is 22.6 Å². The second-order valence-electron chi connectivity index (χ2n) is 4.04. The zero-order valence-corrected chi connectivity index (χ0v) is 10.6. The highest BCUT2D eigenvalue weighted by molar-refractivity contribution is 14.1. The Morgan fingerprint density at radius 3 is 2.64 bits per heavy atom. The summed E-state index contributed by atoms with van der Waals surface area (Å²) in [5.41, 5.74) is 1.45. The van der Waals surface area contributed by atoms with E-state index in [1.165, 1.54) is 35.4 Å². The molecule has 0 radical (unpaired) electrons. The average molecular weight is 303 g/mol. The van der Waals surface area contributed by atoms with E-state index in [-0.39, 0.29) is 0 Å². The lowest BCUT2D eigenvalue weighted by molar-refractivity contribution is -0.905. The number of rotatable bonds is 2. The molecule has 0 spiro atoms. The highest BCUT2D eigenvalue weighted by atomic mass is 127. The van der Waals surface area contributed by atoms with Crippen LogP contribution in [0.2, 0.25) is 0 Å². The first-order valence-corrected chi connectivity index (χ1v) is 6.08. The predicted octanol–water partition coefficient (Wildman–Crippen LogP) is 0.579. The minimum absolute atomic E-state index is 1.17. The Hall–Kier alpha value is -0.130. The minimum Gasteiger partial charge on any atom is -0.318 e. The summed E-state index contributed by atoms with van der Waals surface area (Å²) in [6, 6.07) is 8.87. The van der Waals surface area contributed by atoms with E-state index in [0.717, 1.165) is 0 Å². The van der Waals surface area contributed by atoms with E-state index >= 15 is 0 Å². The lowest BCUT2D eigenvalue weighted by Crippen LogP contribution is -3.09. The van der Waals surface area contributed by atoms with E-state index in [4.69, 9.17) is 0 Å². The molecule has 14 heavy (non-hydrogen) atoms. The van der Waals surface area contributed by atoms with Gasteiger partial charge >= 0.3 is 0 Å². The molecule has 2 nitrogen and oxygen atoms in total. The van der Waals surface area contributed by atoms with E-state index in [9.17, 15) is 0 Å². The number of likely N-dealkylation sites (N-methyl/N-ethyl adjacent to an activating group) is 1. The number of nitrogens with one attached hydrogen (secondary N) is 1. The standard InChI is InChI=1S/C11H15IN2/c1-13-6-7-14(9-13)8-10-2-4-11(12)5-3-10/h2-5H,6-9H2,1H3/p+1. The van der Waals surface area contributed by atoms with Crippen molar-refractivity contribution in [3.63, 3.8) is 0 Å². The molecule has 1 saturated heterocycles. The van der Waals surface area contributed by atoms with Gasteiger partial charge in [0.05, 0.1) is 13.1 Å². The first-order chi connectivity index (χ1) is 6.74. The first kappa shape index (κ1) is 10.4. The van der Waals surface area contributed by atoms with Gasteiger partial charge in [0.15, 0.2) is 0 Å². The Bertz CT molecular complexity index is 297. The van der Waals surface area contributed by atoms with Crippen LogP contribution in [0.4, 0.5) is 0 Å². The topological polar surface area (TPSA) is 7.68 Å². The number of benzene rings is 1. The summed E-state index contributed by atoms with van der Waals surface area (Å²) < 4.78 is 1.32. The van der Waals surface area contributed by atoms with Gasteiger partial charge in [-0.05, 0) is 41.8 Å². The molecule has 0 aliphatic carbocycles. The average Bonchev–Trinajstić information content (AvgIpc) is 2.56. The fraction of sp³-hybridized carbons (Fsp3) is 0.455. The van der Waals surface area contributed by atoms with Crippen LogP contribution in [-0.2, 0) is 6.54 Å². The van der Waals surface area contributed by atoms with Crippen LogP contribution in [0.5, 0.6) is 0 Å². The Kier molecular flexibility index (Phi) is 3.41. The Morgan fingerprint density at radius 2 is 2.07 bits per heavy atom. The van der Waals surface area contributed by atoms with Crippen molar-refractivity contribution in [3.8, 4) is 0 Å². The number of nitrogens with zero attached hydrogens (tertiary/aromatic N) is 1. The third-order valence-electron chi connectivity index (χ3n) is 2.71. The van der Waals surface area contributed by atoms with E-state index in [1.807, 2.05) is 0 Å². The Morgan fingerprint density at radius 1 is 1.36 bits per heavy atom. The van der Waals surface area contributed by atoms with Gasteiger partial charge in [-0.3, -0.25) is 4.90 Å². The lowest BCUT2D eigenvalue weighted by Gasteiger charge is -2.12. The number of hydrogen-bond donors (Lipinski definition) is 1. The maximum absolute atomic E-state index is 2.39. The normalized spacial score (nSPS) is 22.9. The van der Waals surface area contributed by atoms with Gasteiger partial charge in [-0.2, -0.15) is 0 Å². The van der Waals surface area contributed by atoms with E-state index in [1.54, 1.807) is 4.90 Å². The number of halogens is 1. The molecule has 1 fully saturated rings. The summed E-state index contributed by atoms with van der Waals surface area (Å²) in [6.45, 7) is 4.87. The Balaban J connectivity index is 1.94. The third kappa shape index (κ3) is 2.68. The fourth-order valence-corrected chi connectivity index (χ4v) is 2.28. The van der Waals surface area contributed by atoms with Crippen molar-refractivity contribution >= 4 is 22.6 Å². The van der Waals surface area contributed by atoms with Crippen molar-refractivity contribution in [2.24, 2.45) is 0 Å². The lowest BCUT2D eigenvalue weighted by atomic mass is 10.2. The summed E-state index contributed by atoms with van der Waals surface area (Å²) in [7, 11) is 2.20. The summed E-state index contributed by atoms with van der Waals surface area (Å²) in [5, 5.41) is 0. The van der Waals surface area contributed by atoms with Crippen LogP contribution in [0.3, 0.4) is 0 Å². The monoisotopic (exact) mass is 303 g/mol. The van der Waals surface area contributed by atoms with Gasteiger partial charge < -0.3 is 4.90 Å². The van der Waals surface area contributed by atoms with Crippen molar-refractivity contribution in [2.45, 2.75) is 6.54 Å². The van der Waals surface area contributed by atoms with Gasteiger partial charge in [0.25, 0.3) is 0 Å². The highest BCUT2D eigenvalue weighted by Crippen LogP contribution is 2.05. The molecule has 1 heterocycles. The second kappa shape index (κ2) is 4.59. The van der Waals surface area contributed by atoms with Gasteiger partial charge in [-0.15, -0.1) is 0 Å². The molecule has 76 valence electrons. The molecule has 1 N–H and O–H groups in total. The van der Waals surface area contributed by atoms with Crippen LogP contribution in [0, 0.1) is 3.57 Å². The molecule has 1 aliphatic heterocycles. The number of quaternary nitrogens is 1. The molecule has 0 amide bonds. The molecular formula is C11H16IN2+. The van der Waals surface area contributed by atoms with E-state index < -0.39 is 0 Å². The maximum atomic E-state index is 2.39. The zero-order valence-electron chi connectivity index (χ0n) is 8.46. The largest absolute Gasteiger partial charge is 0.318 e. The summed E-state index contributed by atoms with van der Waals surface area (Å²) >= 11 is 2.35. The molecule has 3 heteroatoms. The quantitative estimate of drug-likeness (QED) is 0.786. The second-order valence-corrected chi connectivity index (χ2v) is 5.29. The molecule has 0 saturated carbocycles. The zero-order chi connectivity index (χ0) is 9.97. The summed E-state index contributed by atoms with van der Waals surface area (Å²) in [5.74, 6) is 0. The molecular weight excluding hydrogens is 287 g/mol. The first-order valence-electron chi connectivity index (χ1n) is 5.00. The highest BCUT2D eigenvalue weighted by Gasteiger charge is 2.19. The minimum atomic E-state index is 1.17. The fourth-order valence-electron chi connectivity index (χ4n) is 1.92. The number of hydrogen-bond acceptors (Lipinski definition) is 1. The van der Waals surface area contributed by atoms with Gasteiger partial charge in [0.2, 0.25) is 0 Å². The van der Waals surface area contributed by atoms with Crippen molar-refractivity contribution in [1.29, 1.82) is 0 Å². The SMILES string of the molecule is CN1CC[NH+](Cc2ccc(I)cc2)C1.